The van der Waals surface area contributed by atoms with Gasteiger partial charge in [0.1, 0.15) is 5.75 Å². The van der Waals surface area contributed by atoms with Crippen LogP contribution in [0.15, 0.2) is 78.9 Å². The molecule has 0 saturated carbocycles. The molecule has 3 fully saturated rings. The molecule has 0 aliphatic carbocycles. The van der Waals surface area contributed by atoms with Gasteiger partial charge in [0.2, 0.25) is 11.8 Å². The van der Waals surface area contributed by atoms with Gasteiger partial charge in [0.05, 0.1) is 26.2 Å². The fraction of sp³-hybridized carbons (Fsp3) is 0.406. The number of hydrogen-bond donors (Lipinski definition) is 1. The van der Waals surface area contributed by atoms with Crippen LogP contribution in [0.4, 0.5) is 0 Å². The van der Waals surface area contributed by atoms with Crippen LogP contribution in [0.1, 0.15) is 47.9 Å². The van der Waals surface area contributed by atoms with Gasteiger partial charge >= 0.3 is 5.97 Å². The van der Waals surface area contributed by atoms with E-state index in [1.54, 1.807) is 0 Å². The molecule has 38 heavy (non-hydrogen) atoms. The zero-order valence-electron chi connectivity index (χ0n) is 22.3. The van der Waals surface area contributed by atoms with Crippen LogP contribution in [0.3, 0.4) is 0 Å². The van der Waals surface area contributed by atoms with Crippen molar-refractivity contribution in [3.63, 3.8) is 0 Å². The lowest BCUT2D eigenvalue weighted by Crippen LogP contribution is -3.00. The number of carbonyl (C=O) groups excluding carboxylic acids is 1. The molecule has 5 nitrogen and oxygen atoms in total. The molecule has 0 aromatic heterocycles. The van der Waals surface area contributed by atoms with Crippen molar-refractivity contribution in [2.75, 3.05) is 26.2 Å². The Morgan fingerprint density at radius 1 is 0.895 bits per heavy atom. The second-order valence-corrected chi connectivity index (χ2v) is 10.9. The van der Waals surface area contributed by atoms with Gasteiger partial charge < -0.3 is 31.6 Å². The van der Waals surface area contributed by atoms with E-state index in [9.17, 15) is 9.90 Å². The quantitative estimate of drug-likeness (QED) is 0.240. The second kappa shape index (κ2) is 12.0. The lowest BCUT2D eigenvalue weighted by molar-refractivity contribution is -0.984. The number of para-hydroxylation sites is 1. The fourth-order valence-electron chi connectivity index (χ4n) is 5.98. The zero-order chi connectivity index (χ0) is 25.9. The lowest BCUT2D eigenvalue weighted by Gasteiger charge is -2.53. The number of piperidine rings is 3. The summed E-state index contributed by atoms with van der Waals surface area (Å²) in [6.45, 7) is 7.52. The van der Waals surface area contributed by atoms with Crippen LogP contribution < -0.4 is 21.7 Å². The number of fused-ring (bicyclic) bond motifs is 3. The number of benzene rings is 3. The first-order chi connectivity index (χ1) is 17.9. The SMILES string of the molecule is Cc1ccc(C(O)(C(=O)O[C@@H]2CC3CC[N+]2(CCCOc2ccccc2)CC3)c2ccc(C)cc2)cc1.[Br-]. The molecule has 0 unspecified atom stereocenters. The number of halogens is 1. The number of aryl methyl sites for hydroxylation is 2. The van der Waals surface area contributed by atoms with Crippen LogP contribution in [-0.4, -0.2) is 48.0 Å². The average molecular weight is 581 g/mol. The molecule has 0 radical (unpaired) electrons. The van der Waals surface area contributed by atoms with E-state index in [1.807, 2.05) is 92.7 Å². The Morgan fingerprint density at radius 3 is 2.00 bits per heavy atom. The fourth-order valence-corrected chi connectivity index (χ4v) is 5.98. The molecule has 3 aliphatic rings. The summed E-state index contributed by atoms with van der Waals surface area (Å²) < 4.78 is 13.0. The summed E-state index contributed by atoms with van der Waals surface area (Å²) >= 11 is 0. The Morgan fingerprint density at radius 2 is 1.45 bits per heavy atom. The second-order valence-electron chi connectivity index (χ2n) is 10.9. The molecule has 2 bridgehead atoms. The van der Waals surface area contributed by atoms with E-state index in [0.717, 1.165) is 66.7 Å². The van der Waals surface area contributed by atoms with Gasteiger partial charge in [-0.05, 0) is 43.0 Å². The molecule has 3 aromatic carbocycles. The molecule has 3 aliphatic heterocycles. The minimum atomic E-state index is -1.86. The summed E-state index contributed by atoms with van der Waals surface area (Å²) in [5, 5.41) is 12.0. The van der Waals surface area contributed by atoms with Crippen LogP contribution in [0.5, 0.6) is 5.75 Å². The molecule has 6 heteroatoms. The molecule has 1 N–H and O–H groups in total. The molecule has 6 rings (SSSR count). The van der Waals surface area contributed by atoms with Gasteiger partial charge in [-0.1, -0.05) is 77.9 Å². The van der Waals surface area contributed by atoms with Crippen LogP contribution in [0.2, 0.25) is 0 Å². The maximum absolute atomic E-state index is 13.9. The number of carbonyl (C=O) groups is 1. The zero-order valence-corrected chi connectivity index (χ0v) is 23.9. The van der Waals surface area contributed by atoms with Gasteiger partial charge in [-0.15, -0.1) is 0 Å². The third-order valence-electron chi connectivity index (χ3n) is 8.35. The van der Waals surface area contributed by atoms with Crippen molar-refractivity contribution in [3.8, 4) is 5.75 Å². The minimum absolute atomic E-state index is 0. The van der Waals surface area contributed by atoms with Crippen LogP contribution in [0, 0.1) is 19.8 Å². The Kier molecular flexibility index (Phi) is 8.96. The Labute approximate surface area is 236 Å². The van der Waals surface area contributed by atoms with Crippen molar-refractivity contribution < 1.29 is 40.8 Å². The van der Waals surface area contributed by atoms with Gasteiger partial charge in [-0.3, -0.25) is 4.48 Å². The largest absolute Gasteiger partial charge is 1.00 e. The van der Waals surface area contributed by atoms with Crippen molar-refractivity contribution in [1.82, 2.24) is 0 Å². The maximum atomic E-state index is 13.9. The van der Waals surface area contributed by atoms with E-state index in [1.165, 1.54) is 0 Å². The number of hydrogen-bond acceptors (Lipinski definition) is 4. The van der Waals surface area contributed by atoms with Gasteiger partial charge in [0.15, 0.2) is 0 Å². The topological polar surface area (TPSA) is 55.8 Å². The summed E-state index contributed by atoms with van der Waals surface area (Å²) in [6.07, 6.45) is 3.80. The van der Waals surface area contributed by atoms with Gasteiger partial charge in [0.25, 0.3) is 0 Å². The summed E-state index contributed by atoms with van der Waals surface area (Å²) in [5.41, 5.74) is 1.35. The molecule has 1 atom stereocenters. The minimum Gasteiger partial charge on any atom is -1.00 e. The predicted molar refractivity (Wildman–Crippen MR) is 144 cm³/mol. The van der Waals surface area contributed by atoms with Crippen molar-refractivity contribution >= 4 is 5.97 Å². The molecular weight excluding hydrogens is 542 g/mol. The number of nitrogens with zero attached hydrogens (tertiary/aromatic N) is 1. The number of aliphatic hydroxyl groups is 1. The Bertz CT molecular complexity index is 1140. The molecule has 3 heterocycles. The monoisotopic (exact) mass is 579 g/mol. The van der Waals surface area contributed by atoms with Crippen LogP contribution in [-0.2, 0) is 15.1 Å². The van der Waals surface area contributed by atoms with E-state index in [0.29, 0.717) is 23.7 Å². The smallest absolute Gasteiger partial charge is 0.352 e. The normalized spacial score (nSPS) is 22.4. The molecule has 3 saturated heterocycles. The molecular formula is C32H38BrNO4. The number of esters is 1. The van der Waals surface area contributed by atoms with E-state index < -0.39 is 11.6 Å². The number of rotatable bonds is 9. The highest BCUT2D eigenvalue weighted by Gasteiger charge is 2.52. The van der Waals surface area contributed by atoms with E-state index in [-0.39, 0.29) is 23.2 Å². The van der Waals surface area contributed by atoms with Gasteiger partial charge in [-0.2, -0.15) is 0 Å². The predicted octanol–water partition coefficient (Wildman–Crippen LogP) is 2.51. The van der Waals surface area contributed by atoms with Gasteiger partial charge in [-0.25, -0.2) is 4.79 Å². The highest BCUT2D eigenvalue weighted by Crippen LogP contribution is 2.41. The number of ether oxygens (including phenoxy) is 2. The average Bonchev–Trinajstić information content (AvgIpc) is 2.93. The third kappa shape index (κ3) is 5.83. The van der Waals surface area contributed by atoms with Crippen LogP contribution in [0.25, 0.3) is 0 Å². The summed E-state index contributed by atoms with van der Waals surface area (Å²) in [4.78, 5) is 13.9. The number of quaternary nitrogens is 1. The first-order valence-corrected chi connectivity index (χ1v) is 13.5. The lowest BCUT2D eigenvalue weighted by atomic mass is 9.83. The molecule has 3 aromatic rings. The molecule has 202 valence electrons. The van der Waals surface area contributed by atoms with E-state index in [4.69, 9.17) is 9.47 Å². The van der Waals surface area contributed by atoms with Crippen molar-refractivity contribution in [2.45, 2.75) is 51.4 Å². The Hall–Kier alpha value is -2.67. The first kappa shape index (κ1) is 28.3. The first-order valence-electron chi connectivity index (χ1n) is 13.5. The standard InChI is InChI=1S/C32H38NO4.BrH/c1-24-9-13-27(14-10-24)32(35,28-15-11-25(2)12-16-28)31(34)37-30-23-26-17-20-33(30,21-18-26)19-6-22-36-29-7-4-3-5-8-29;/h3-5,7-16,26,30,35H,6,17-23H2,1-2H3;1H/q+1;/p-1/t26?,30-,33?;/m1./s1. The van der Waals surface area contributed by atoms with E-state index >= 15 is 0 Å². The van der Waals surface area contributed by atoms with Crippen molar-refractivity contribution in [1.29, 1.82) is 0 Å². The molecule has 0 spiro atoms. The summed E-state index contributed by atoms with van der Waals surface area (Å²) in [6, 6.07) is 24.9. The highest BCUT2D eigenvalue weighted by atomic mass is 79.9. The summed E-state index contributed by atoms with van der Waals surface area (Å²) in [7, 11) is 0. The Balaban J connectivity index is 0.00000336. The van der Waals surface area contributed by atoms with Crippen molar-refractivity contribution in [2.24, 2.45) is 5.92 Å². The van der Waals surface area contributed by atoms with Gasteiger partial charge in [0, 0.05) is 25.7 Å². The van der Waals surface area contributed by atoms with E-state index in [2.05, 4.69) is 0 Å². The van der Waals surface area contributed by atoms with Crippen LogP contribution >= 0.6 is 0 Å². The molecule has 0 amide bonds. The third-order valence-corrected chi connectivity index (χ3v) is 8.35. The van der Waals surface area contributed by atoms with Crippen molar-refractivity contribution in [3.05, 3.63) is 101 Å². The summed E-state index contributed by atoms with van der Waals surface area (Å²) in [5.74, 6) is 0.866. The highest BCUT2D eigenvalue weighted by molar-refractivity contribution is 5.85. The maximum Gasteiger partial charge on any atom is 0.352 e.